The molecular formula is C20H18FN3O2S. The van der Waals surface area contributed by atoms with Crippen molar-refractivity contribution >= 4 is 34.3 Å². The van der Waals surface area contributed by atoms with E-state index in [1.807, 2.05) is 6.07 Å². The lowest BCUT2D eigenvalue weighted by Gasteiger charge is -2.06. The highest BCUT2D eigenvalue weighted by Crippen LogP contribution is 2.22. The number of nitrogens with two attached hydrogens (primary N) is 1. The fourth-order valence-corrected chi connectivity index (χ4v) is 3.12. The minimum absolute atomic E-state index is 0.227. The molecule has 1 aromatic heterocycles. The van der Waals surface area contributed by atoms with E-state index in [1.54, 1.807) is 49.4 Å². The van der Waals surface area contributed by atoms with Gasteiger partial charge < -0.3 is 15.9 Å². The first kappa shape index (κ1) is 18.6. The Morgan fingerprint density at radius 3 is 2.63 bits per heavy atom. The van der Waals surface area contributed by atoms with E-state index in [-0.39, 0.29) is 18.3 Å². The number of nitrogen functional groups attached to an aromatic ring is 1. The number of carbonyl (C=O) groups is 1. The molecule has 0 aliphatic rings. The van der Waals surface area contributed by atoms with Crippen LogP contribution < -0.4 is 11.1 Å². The first-order chi connectivity index (χ1) is 13.0. The van der Waals surface area contributed by atoms with Gasteiger partial charge in [0.2, 0.25) is 0 Å². The SMILES string of the molecule is CC(=NOCc1ccc(C(=O)Nc2ccccc2N)s1)c1ccc(F)cc1. The normalized spacial score (nSPS) is 11.3. The average molecular weight is 383 g/mol. The quantitative estimate of drug-likeness (QED) is 0.369. The Morgan fingerprint density at radius 1 is 1.15 bits per heavy atom. The molecule has 27 heavy (non-hydrogen) atoms. The second-order valence-electron chi connectivity index (χ2n) is 5.76. The molecular weight excluding hydrogens is 365 g/mol. The van der Waals surface area contributed by atoms with Gasteiger partial charge in [-0.3, -0.25) is 4.79 Å². The van der Waals surface area contributed by atoms with Crippen molar-refractivity contribution in [1.82, 2.24) is 0 Å². The summed E-state index contributed by atoms with van der Waals surface area (Å²) in [5.41, 5.74) is 8.35. The number of halogens is 1. The summed E-state index contributed by atoms with van der Waals surface area (Å²) in [6.45, 7) is 2.02. The summed E-state index contributed by atoms with van der Waals surface area (Å²) in [7, 11) is 0. The van der Waals surface area contributed by atoms with Crippen molar-refractivity contribution in [1.29, 1.82) is 0 Å². The standard InChI is InChI=1S/C20H18FN3O2S/c1-13(14-6-8-15(21)9-7-14)24-26-12-16-10-11-19(27-16)20(25)23-18-5-3-2-4-17(18)22/h2-11H,12,22H2,1H3,(H,23,25). The van der Waals surface area contributed by atoms with Gasteiger partial charge in [0.1, 0.15) is 5.82 Å². The first-order valence-electron chi connectivity index (χ1n) is 8.20. The van der Waals surface area contributed by atoms with E-state index >= 15 is 0 Å². The molecule has 1 heterocycles. The van der Waals surface area contributed by atoms with Crippen molar-refractivity contribution < 1.29 is 14.0 Å². The summed E-state index contributed by atoms with van der Waals surface area (Å²) in [6, 6.07) is 16.7. The molecule has 0 aliphatic carbocycles. The van der Waals surface area contributed by atoms with E-state index < -0.39 is 0 Å². The fraction of sp³-hybridized carbons (Fsp3) is 0.100. The smallest absolute Gasteiger partial charge is 0.265 e. The third-order valence-corrected chi connectivity index (χ3v) is 4.82. The van der Waals surface area contributed by atoms with Crippen molar-refractivity contribution in [3.05, 3.63) is 81.8 Å². The maximum absolute atomic E-state index is 12.9. The number of nitrogens with zero attached hydrogens (tertiary/aromatic N) is 1. The van der Waals surface area contributed by atoms with Gasteiger partial charge in [-0.05, 0) is 48.9 Å². The molecule has 0 fully saturated rings. The molecule has 3 aromatic rings. The molecule has 3 rings (SSSR count). The van der Waals surface area contributed by atoms with Crippen molar-refractivity contribution in [2.75, 3.05) is 11.1 Å². The molecule has 2 aromatic carbocycles. The molecule has 0 atom stereocenters. The van der Waals surface area contributed by atoms with Crippen molar-refractivity contribution in [3.8, 4) is 0 Å². The Balaban J connectivity index is 1.57. The molecule has 0 aliphatic heterocycles. The zero-order chi connectivity index (χ0) is 19.2. The third kappa shape index (κ3) is 4.92. The Bertz CT molecular complexity index is 967. The maximum Gasteiger partial charge on any atom is 0.265 e. The van der Waals surface area contributed by atoms with Gasteiger partial charge in [0.15, 0.2) is 6.61 Å². The molecule has 0 radical (unpaired) electrons. The Hall–Kier alpha value is -3.19. The summed E-state index contributed by atoms with van der Waals surface area (Å²) in [5.74, 6) is -0.524. The number of hydrogen-bond donors (Lipinski definition) is 2. The van der Waals surface area contributed by atoms with E-state index in [0.29, 0.717) is 22.0 Å². The predicted octanol–water partition coefficient (Wildman–Crippen LogP) is 4.66. The zero-order valence-electron chi connectivity index (χ0n) is 14.6. The molecule has 0 saturated heterocycles. The Morgan fingerprint density at radius 2 is 1.89 bits per heavy atom. The van der Waals surface area contributed by atoms with Crippen molar-refractivity contribution in [3.63, 3.8) is 0 Å². The Labute approximate surface area is 160 Å². The highest BCUT2D eigenvalue weighted by Gasteiger charge is 2.11. The predicted molar refractivity (Wildman–Crippen MR) is 107 cm³/mol. The van der Waals surface area contributed by atoms with E-state index in [1.165, 1.54) is 23.5 Å². The number of benzene rings is 2. The molecule has 1 amide bonds. The van der Waals surface area contributed by atoms with Crippen LogP contribution in [0, 0.1) is 5.82 Å². The monoisotopic (exact) mass is 383 g/mol. The number of rotatable bonds is 6. The van der Waals surface area contributed by atoms with E-state index in [0.717, 1.165) is 10.4 Å². The number of amides is 1. The molecule has 7 heteroatoms. The van der Waals surface area contributed by atoms with E-state index in [2.05, 4.69) is 10.5 Å². The number of thiophene rings is 1. The van der Waals surface area contributed by atoms with Gasteiger partial charge in [-0.15, -0.1) is 11.3 Å². The van der Waals surface area contributed by atoms with Gasteiger partial charge in [-0.1, -0.05) is 29.4 Å². The van der Waals surface area contributed by atoms with Crippen LogP contribution in [-0.2, 0) is 11.4 Å². The van der Waals surface area contributed by atoms with Crippen molar-refractivity contribution in [2.45, 2.75) is 13.5 Å². The largest absolute Gasteiger partial charge is 0.397 e. The summed E-state index contributed by atoms with van der Waals surface area (Å²) in [5, 5.41) is 6.82. The van der Waals surface area contributed by atoms with Crippen LogP contribution in [0.3, 0.4) is 0 Å². The van der Waals surface area contributed by atoms with Crippen LogP contribution in [0.15, 0.2) is 65.8 Å². The van der Waals surface area contributed by atoms with Crippen LogP contribution in [0.4, 0.5) is 15.8 Å². The molecule has 0 spiro atoms. The summed E-state index contributed by atoms with van der Waals surface area (Å²) in [6.07, 6.45) is 0. The number of nitrogens with one attached hydrogen (secondary N) is 1. The van der Waals surface area contributed by atoms with Gasteiger partial charge in [0.05, 0.1) is 22.0 Å². The van der Waals surface area contributed by atoms with Crippen molar-refractivity contribution in [2.24, 2.45) is 5.16 Å². The first-order valence-corrected chi connectivity index (χ1v) is 9.01. The summed E-state index contributed by atoms with van der Waals surface area (Å²) >= 11 is 1.32. The minimum atomic E-state index is -0.297. The minimum Gasteiger partial charge on any atom is -0.397 e. The topological polar surface area (TPSA) is 76.7 Å². The average Bonchev–Trinajstić information content (AvgIpc) is 3.13. The lowest BCUT2D eigenvalue weighted by Crippen LogP contribution is -2.11. The molecule has 0 unspecified atom stereocenters. The highest BCUT2D eigenvalue weighted by atomic mass is 32.1. The maximum atomic E-state index is 12.9. The lowest BCUT2D eigenvalue weighted by molar-refractivity contribution is 0.103. The Kier molecular flexibility index (Phi) is 5.83. The number of carbonyl (C=O) groups excluding carboxylic acids is 1. The lowest BCUT2D eigenvalue weighted by atomic mass is 10.1. The molecule has 0 bridgehead atoms. The molecule has 5 nitrogen and oxygen atoms in total. The number of hydrogen-bond acceptors (Lipinski definition) is 5. The van der Waals surface area contributed by atoms with Crippen LogP contribution in [0.5, 0.6) is 0 Å². The fourth-order valence-electron chi connectivity index (χ4n) is 2.31. The van der Waals surface area contributed by atoms with Crippen LogP contribution in [-0.4, -0.2) is 11.6 Å². The van der Waals surface area contributed by atoms with Gasteiger partial charge in [-0.25, -0.2) is 4.39 Å². The summed E-state index contributed by atoms with van der Waals surface area (Å²) in [4.78, 5) is 19.1. The number of oxime groups is 1. The molecule has 138 valence electrons. The second kappa shape index (κ2) is 8.46. The van der Waals surface area contributed by atoms with Gasteiger partial charge in [0.25, 0.3) is 5.91 Å². The van der Waals surface area contributed by atoms with Gasteiger partial charge in [-0.2, -0.15) is 0 Å². The summed E-state index contributed by atoms with van der Waals surface area (Å²) < 4.78 is 12.9. The van der Waals surface area contributed by atoms with Crippen LogP contribution in [0.2, 0.25) is 0 Å². The van der Waals surface area contributed by atoms with Crippen LogP contribution in [0.1, 0.15) is 27.0 Å². The zero-order valence-corrected chi connectivity index (χ0v) is 15.4. The van der Waals surface area contributed by atoms with E-state index in [9.17, 15) is 9.18 Å². The van der Waals surface area contributed by atoms with Crippen LogP contribution >= 0.6 is 11.3 Å². The number of anilines is 2. The van der Waals surface area contributed by atoms with E-state index in [4.69, 9.17) is 10.6 Å². The highest BCUT2D eigenvalue weighted by molar-refractivity contribution is 7.14. The van der Waals surface area contributed by atoms with Gasteiger partial charge in [0, 0.05) is 4.88 Å². The number of para-hydroxylation sites is 2. The molecule has 3 N–H and O–H groups in total. The van der Waals surface area contributed by atoms with Gasteiger partial charge >= 0.3 is 0 Å². The third-order valence-electron chi connectivity index (χ3n) is 3.76. The second-order valence-corrected chi connectivity index (χ2v) is 6.93. The van der Waals surface area contributed by atoms with Crippen LogP contribution in [0.25, 0.3) is 0 Å². The molecule has 0 saturated carbocycles.